The average Bonchev–Trinajstić information content (AvgIpc) is 2.74. The smallest absolute Gasteiger partial charge is 0.150 e. The van der Waals surface area contributed by atoms with Crippen LogP contribution >= 0.6 is 23.9 Å². The lowest BCUT2D eigenvalue weighted by molar-refractivity contribution is 0.500. The zero-order chi connectivity index (χ0) is 11.0. The Balaban J connectivity index is 0.00000108. The Bertz CT molecular complexity index is 491. The summed E-state index contributed by atoms with van der Waals surface area (Å²) >= 11 is 1.59. The number of halogens is 1. The van der Waals surface area contributed by atoms with Crippen LogP contribution in [0.3, 0.4) is 0 Å². The van der Waals surface area contributed by atoms with Crippen LogP contribution in [0.2, 0.25) is 0 Å². The van der Waals surface area contributed by atoms with E-state index in [4.69, 9.17) is 5.73 Å². The molecular formula is C12H16ClN3S. The Hall–Kier alpha value is -0.840. The minimum atomic E-state index is 0. The molecule has 1 aliphatic heterocycles. The molecule has 3 rings (SSSR count). The molecular weight excluding hydrogens is 254 g/mol. The van der Waals surface area contributed by atoms with Crippen LogP contribution < -0.4 is 10.6 Å². The lowest BCUT2D eigenvalue weighted by Gasteiger charge is -2.30. The van der Waals surface area contributed by atoms with E-state index in [-0.39, 0.29) is 12.4 Å². The third-order valence-corrected chi connectivity index (χ3v) is 4.01. The van der Waals surface area contributed by atoms with Crippen molar-refractivity contribution in [2.24, 2.45) is 5.73 Å². The van der Waals surface area contributed by atoms with Crippen molar-refractivity contribution in [3.63, 3.8) is 0 Å². The normalized spacial score (nSPS) is 17.1. The maximum absolute atomic E-state index is 5.92. The SMILES string of the molecule is Cl.NC1CCN(c2nsc3ccccc23)CC1. The van der Waals surface area contributed by atoms with E-state index >= 15 is 0 Å². The summed E-state index contributed by atoms with van der Waals surface area (Å²) in [6, 6.07) is 8.81. The lowest BCUT2D eigenvalue weighted by atomic mass is 10.1. The van der Waals surface area contributed by atoms with Crippen LogP contribution in [-0.4, -0.2) is 23.5 Å². The third kappa shape index (κ3) is 2.39. The number of hydrogen-bond acceptors (Lipinski definition) is 4. The van der Waals surface area contributed by atoms with E-state index in [1.54, 1.807) is 11.5 Å². The number of aromatic nitrogens is 1. The molecule has 0 amide bonds. The van der Waals surface area contributed by atoms with E-state index in [9.17, 15) is 0 Å². The van der Waals surface area contributed by atoms with Crippen molar-refractivity contribution in [1.82, 2.24) is 4.37 Å². The number of rotatable bonds is 1. The van der Waals surface area contributed by atoms with Gasteiger partial charge in [0.25, 0.3) is 0 Å². The van der Waals surface area contributed by atoms with Gasteiger partial charge < -0.3 is 10.6 Å². The first-order valence-electron chi connectivity index (χ1n) is 5.69. The summed E-state index contributed by atoms with van der Waals surface area (Å²) in [5, 5.41) is 1.28. The van der Waals surface area contributed by atoms with E-state index < -0.39 is 0 Å². The van der Waals surface area contributed by atoms with Crippen LogP contribution in [0.4, 0.5) is 5.82 Å². The van der Waals surface area contributed by atoms with Crippen molar-refractivity contribution >= 4 is 39.8 Å². The van der Waals surface area contributed by atoms with E-state index in [1.165, 1.54) is 10.1 Å². The van der Waals surface area contributed by atoms with Gasteiger partial charge in [-0.25, -0.2) is 0 Å². The van der Waals surface area contributed by atoms with Crippen LogP contribution in [0, 0.1) is 0 Å². The summed E-state index contributed by atoms with van der Waals surface area (Å²) in [5.74, 6) is 1.15. The predicted molar refractivity (Wildman–Crippen MR) is 76.3 cm³/mol. The van der Waals surface area contributed by atoms with Gasteiger partial charge in [0.15, 0.2) is 0 Å². The van der Waals surface area contributed by atoms with Gasteiger partial charge in [0.1, 0.15) is 5.82 Å². The summed E-state index contributed by atoms with van der Waals surface area (Å²) in [5.41, 5.74) is 5.92. The maximum Gasteiger partial charge on any atom is 0.150 e. The van der Waals surface area contributed by atoms with Crippen LogP contribution in [0.25, 0.3) is 10.1 Å². The molecule has 2 N–H and O–H groups in total. The molecule has 0 aliphatic carbocycles. The van der Waals surface area contributed by atoms with Crippen LogP contribution in [-0.2, 0) is 0 Å². The molecule has 3 nitrogen and oxygen atoms in total. The fraction of sp³-hybridized carbons (Fsp3) is 0.417. The fourth-order valence-corrected chi connectivity index (χ4v) is 3.01. The van der Waals surface area contributed by atoms with Crippen LogP contribution in [0.5, 0.6) is 0 Å². The van der Waals surface area contributed by atoms with E-state index in [2.05, 4.69) is 33.5 Å². The maximum atomic E-state index is 5.92. The Labute approximate surface area is 111 Å². The fourth-order valence-electron chi connectivity index (χ4n) is 2.21. The topological polar surface area (TPSA) is 42.1 Å². The molecule has 17 heavy (non-hydrogen) atoms. The summed E-state index contributed by atoms with van der Waals surface area (Å²) < 4.78 is 5.84. The number of nitrogens with two attached hydrogens (primary N) is 1. The van der Waals surface area contributed by atoms with Crippen molar-refractivity contribution in [1.29, 1.82) is 0 Å². The number of fused-ring (bicyclic) bond motifs is 1. The van der Waals surface area contributed by atoms with Gasteiger partial charge in [-0.1, -0.05) is 12.1 Å². The molecule has 1 aromatic carbocycles. The number of anilines is 1. The third-order valence-electron chi connectivity index (χ3n) is 3.20. The van der Waals surface area contributed by atoms with Gasteiger partial charge in [-0.3, -0.25) is 0 Å². The molecule has 0 radical (unpaired) electrons. The molecule has 2 aromatic rings. The second-order valence-corrected chi connectivity index (χ2v) is 5.13. The average molecular weight is 270 g/mol. The zero-order valence-electron chi connectivity index (χ0n) is 9.50. The minimum absolute atomic E-state index is 0. The molecule has 1 fully saturated rings. The van der Waals surface area contributed by atoms with E-state index in [0.717, 1.165) is 31.7 Å². The quantitative estimate of drug-likeness (QED) is 0.865. The van der Waals surface area contributed by atoms with Crippen molar-refractivity contribution in [2.45, 2.75) is 18.9 Å². The predicted octanol–water partition coefficient (Wildman–Crippen LogP) is 2.65. The molecule has 5 heteroatoms. The van der Waals surface area contributed by atoms with Crippen molar-refractivity contribution < 1.29 is 0 Å². The lowest BCUT2D eigenvalue weighted by Crippen LogP contribution is -2.39. The highest BCUT2D eigenvalue weighted by Crippen LogP contribution is 2.30. The monoisotopic (exact) mass is 269 g/mol. The molecule has 0 spiro atoms. The zero-order valence-corrected chi connectivity index (χ0v) is 11.1. The Kier molecular flexibility index (Phi) is 3.86. The molecule has 0 bridgehead atoms. The van der Waals surface area contributed by atoms with Gasteiger partial charge in [-0.05, 0) is 36.5 Å². The molecule has 0 saturated carbocycles. The van der Waals surface area contributed by atoms with Crippen molar-refractivity contribution in [2.75, 3.05) is 18.0 Å². The Morgan fingerprint density at radius 2 is 1.94 bits per heavy atom. The molecule has 2 heterocycles. The van der Waals surface area contributed by atoms with Gasteiger partial charge in [-0.2, -0.15) is 4.37 Å². The number of hydrogen-bond donors (Lipinski definition) is 1. The van der Waals surface area contributed by atoms with Gasteiger partial charge in [-0.15, -0.1) is 12.4 Å². The molecule has 0 atom stereocenters. The molecule has 0 unspecified atom stereocenters. The Morgan fingerprint density at radius 1 is 1.24 bits per heavy atom. The number of piperidine rings is 1. The highest BCUT2D eigenvalue weighted by Gasteiger charge is 2.19. The Morgan fingerprint density at radius 3 is 2.71 bits per heavy atom. The van der Waals surface area contributed by atoms with Crippen LogP contribution in [0.15, 0.2) is 24.3 Å². The molecule has 92 valence electrons. The van der Waals surface area contributed by atoms with Gasteiger partial charge in [0.2, 0.25) is 0 Å². The van der Waals surface area contributed by atoms with Crippen molar-refractivity contribution in [3.05, 3.63) is 24.3 Å². The van der Waals surface area contributed by atoms with Gasteiger partial charge in [0.05, 0.1) is 4.70 Å². The first-order valence-corrected chi connectivity index (χ1v) is 6.47. The van der Waals surface area contributed by atoms with Gasteiger partial charge >= 0.3 is 0 Å². The second kappa shape index (κ2) is 5.21. The highest BCUT2D eigenvalue weighted by atomic mass is 35.5. The van der Waals surface area contributed by atoms with Crippen LogP contribution in [0.1, 0.15) is 12.8 Å². The van der Waals surface area contributed by atoms with E-state index in [1.807, 2.05) is 0 Å². The summed E-state index contributed by atoms with van der Waals surface area (Å²) in [7, 11) is 0. The minimum Gasteiger partial charge on any atom is -0.355 e. The van der Waals surface area contributed by atoms with Gasteiger partial charge in [0, 0.05) is 24.5 Å². The standard InChI is InChI=1S/C12H15N3S.ClH/c13-9-5-7-15(8-6-9)12-10-3-1-2-4-11(10)16-14-12;/h1-4,9H,5-8,13H2;1H. The number of nitrogens with zero attached hydrogens (tertiary/aromatic N) is 2. The first kappa shape index (κ1) is 12.6. The largest absolute Gasteiger partial charge is 0.355 e. The highest BCUT2D eigenvalue weighted by molar-refractivity contribution is 7.13. The summed E-state index contributed by atoms with van der Waals surface area (Å²) in [6.45, 7) is 2.07. The van der Waals surface area contributed by atoms with E-state index in [0.29, 0.717) is 6.04 Å². The molecule has 1 aliphatic rings. The molecule has 1 saturated heterocycles. The summed E-state index contributed by atoms with van der Waals surface area (Å²) in [6.07, 6.45) is 2.15. The molecule has 1 aromatic heterocycles. The summed E-state index contributed by atoms with van der Waals surface area (Å²) in [4.78, 5) is 2.36. The number of benzene rings is 1. The van der Waals surface area contributed by atoms with Crippen molar-refractivity contribution in [3.8, 4) is 0 Å². The second-order valence-electron chi connectivity index (χ2n) is 4.33. The first-order chi connectivity index (χ1) is 7.84.